The molecule has 0 bridgehead atoms. The van der Waals surface area contributed by atoms with E-state index in [1.807, 2.05) is 6.92 Å². The van der Waals surface area contributed by atoms with Gasteiger partial charge in [-0.2, -0.15) is 0 Å². The monoisotopic (exact) mass is 326 g/mol. The van der Waals surface area contributed by atoms with Crippen molar-refractivity contribution in [2.45, 2.75) is 31.7 Å². The summed E-state index contributed by atoms with van der Waals surface area (Å²) in [6.45, 7) is 2.92. The summed E-state index contributed by atoms with van der Waals surface area (Å²) >= 11 is 0. The Morgan fingerprint density at radius 2 is 2.00 bits per heavy atom. The maximum Gasteiger partial charge on any atom is 0.335 e. The second kappa shape index (κ2) is 6.13. The van der Waals surface area contributed by atoms with Gasteiger partial charge in [0.05, 0.1) is 45.3 Å². The molecule has 3 rings (SSSR count). The molecule has 0 aromatic rings. The highest BCUT2D eigenvalue weighted by Gasteiger charge is 2.60. The van der Waals surface area contributed by atoms with Gasteiger partial charge >= 0.3 is 11.9 Å². The summed E-state index contributed by atoms with van der Waals surface area (Å²) in [6.07, 6.45) is 1.75. The summed E-state index contributed by atoms with van der Waals surface area (Å²) in [5.74, 6) is -0.855. The Balaban J connectivity index is 1.95. The van der Waals surface area contributed by atoms with Crippen LogP contribution < -0.4 is 0 Å². The average molecular weight is 326 g/mol. The first-order valence-corrected chi connectivity index (χ1v) is 7.82. The van der Waals surface area contributed by atoms with Crippen LogP contribution in [-0.4, -0.2) is 51.3 Å². The zero-order chi connectivity index (χ0) is 16.6. The average Bonchev–Trinajstić information content (AvgIpc) is 3.15. The number of hydrogen-bond donors (Lipinski definition) is 0. The number of hydrogen-bond acceptors (Lipinski definition) is 7. The van der Waals surface area contributed by atoms with Gasteiger partial charge in [0.1, 0.15) is 5.76 Å². The highest BCUT2D eigenvalue weighted by atomic mass is 16.7. The van der Waals surface area contributed by atoms with Gasteiger partial charge in [-0.05, 0) is 18.8 Å². The molecule has 2 aliphatic heterocycles. The van der Waals surface area contributed by atoms with Crippen LogP contribution in [0.5, 0.6) is 0 Å². The van der Waals surface area contributed by atoms with Crippen molar-refractivity contribution < 1.29 is 33.3 Å². The molecule has 7 nitrogen and oxygen atoms in total. The number of ether oxygens (including phenoxy) is 5. The Kier molecular flexibility index (Phi) is 4.33. The van der Waals surface area contributed by atoms with Crippen molar-refractivity contribution >= 4 is 11.9 Å². The highest BCUT2D eigenvalue weighted by Crippen LogP contribution is 2.51. The first-order chi connectivity index (χ1) is 11.0. The molecule has 4 atom stereocenters. The fourth-order valence-electron chi connectivity index (χ4n) is 4.01. The van der Waals surface area contributed by atoms with E-state index in [2.05, 4.69) is 0 Å². The number of carbonyl (C=O) groups is 2. The van der Waals surface area contributed by atoms with Gasteiger partial charge in [0.15, 0.2) is 11.9 Å². The van der Waals surface area contributed by atoms with Crippen LogP contribution in [0.3, 0.4) is 0 Å². The summed E-state index contributed by atoms with van der Waals surface area (Å²) < 4.78 is 27.3. The van der Waals surface area contributed by atoms with Crippen molar-refractivity contribution in [2.24, 2.45) is 17.8 Å². The molecule has 1 spiro atoms. The van der Waals surface area contributed by atoms with Crippen LogP contribution in [-0.2, 0) is 33.3 Å². The molecule has 2 fully saturated rings. The van der Waals surface area contributed by atoms with E-state index in [4.69, 9.17) is 23.7 Å². The number of carbonyl (C=O) groups excluding carboxylic acids is 2. The molecular formula is C16H22O7. The predicted molar refractivity (Wildman–Crippen MR) is 77.0 cm³/mol. The number of methoxy groups -OCH3 is 2. The third kappa shape index (κ3) is 2.61. The molecule has 0 aromatic heterocycles. The normalized spacial score (nSPS) is 37.6. The van der Waals surface area contributed by atoms with E-state index >= 15 is 0 Å². The van der Waals surface area contributed by atoms with Gasteiger partial charge in [-0.3, -0.25) is 4.79 Å². The molecule has 128 valence electrons. The van der Waals surface area contributed by atoms with E-state index in [9.17, 15) is 9.59 Å². The maximum atomic E-state index is 12.1. The lowest BCUT2D eigenvalue weighted by Gasteiger charge is -2.46. The van der Waals surface area contributed by atoms with Crippen molar-refractivity contribution in [2.75, 3.05) is 27.4 Å². The summed E-state index contributed by atoms with van der Waals surface area (Å²) in [5.41, 5.74) is -0.940. The topological polar surface area (TPSA) is 80.3 Å². The molecule has 0 amide bonds. The first-order valence-electron chi connectivity index (χ1n) is 7.82. The number of rotatable bonds is 3. The summed E-state index contributed by atoms with van der Waals surface area (Å²) in [4.78, 5) is 24.0. The van der Waals surface area contributed by atoms with Crippen molar-refractivity contribution in [3.63, 3.8) is 0 Å². The second-order valence-electron chi connectivity index (χ2n) is 6.29. The Bertz CT molecular complexity index is 523. The minimum Gasteiger partial charge on any atom is -0.497 e. The molecular weight excluding hydrogens is 304 g/mol. The molecule has 1 aliphatic carbocycles. The smallest absolute Gasteiger partial charge is 0.335 e. The van der Waals surface area contributed by atoms with Gasteiger partial charge in [0, 0.05) is 0 Å². The van der Waals surface area contributed by atoms with Crippen LogP contribution in [0.2, 0.25) is 0 Å². The molecule has 0 N–H and O–H groups in total. The minimum absolute atomic E-state index is 0.0236. The van der Waals surface area contributed by atoms with Crippen LogP contribution in [0, 0.1) is 17.8 Å². The zero-order valence-electron chi connectivity index (χ0n) is 13.6. The van der Waals surface area contributed by atoms with Crippen molar-refractivity contribution in [1.82, 2.24) is 0 Å². The molecule has 2 heterocycles. The Labute approximate surface area is 134 Å². The van der Waals surface area contributed by atoms with Gasteiger partial charge in [-0.15, -0.1) is 0 Å². The Morgan fingerprint density at radius 1 is 1.30 bits per heavy atom. The fraction of sp³-hybridized carbons (Fsp3) is 0.750. The molecule has 1 saturated heterocycles. The Hall–Kier alpha value is -1.60. The van der Waals surface area contributed by atoms with Gasteiger partial charge in [-0.1, -0.05) is 6.92 Å². The lowest BCUT2D eigenvalue weighted by Crippen LogP contribution is -2.54. The predicted octanol–water partition coefficient (Wildman–Crippen LogP) is 1.02. The zero-order valence-corrected chi connectivity index (χ0v) is 13.6. The summed E-state index contributed by atoms with van der Waals surface area (Å²) in [6, 6.07) is 0. The van der Waals surface area contributed by atoms with E-state index in [1.165, 1.54) is 20.3 Å². The van der Waals surface area contributed by atoms with E-state index in [0.717, 1.165) is 0 Å². The minimum atomic E-state index is -0.940. The fourth-order valence-corrected chi connectivity index (χ4v) is 4.01. The largest absolute Gasteiger partial charge is 0.497 e. The summed E-state index contributed by atoms with van der Waals surface area (Å²) in [7, 11) is 2.90. The first kappa shape index (κ1) is 16.3. The molecule has 0 unspecified atom stereocenters. The lowest BCUT2D eigenvalue weighted by atomic mass is 9.65. The van der Waals surface area contributed by atoms with Gasteiger partial charge < -0.3 is 23.7 Å². The molecule has 1 saturated carbocycles. The van der Waals surface area contributed by atoms with E-state index in [1.54, 1.807) is 0 Å². The van der Waals surface area contributed by atoms with Gasteiger partial charge in [0.2, 0.25) is 0 Å². The molecule has 3 aliphatic rings. The van der Waals surface area contributed by atoms with E-state index < -0.39 is 17.9 Å². The Morgan fingerprint density at radius 3 is 2.61 bits per heavy atom. The van der Waals surface area contributed by atoms with Crippen molar-refractivity contribution in [1.29, 1.82) is 0 Å². The molecule has 0 radical (unpaired) electrons. The van der Waals surface area contributed by atoms with Crippen molar-refractivity contribution in [3.8, 4) is 0 Å². The lowest BCUT2D eigenvalue weighted by molar-refractivity contribution is -0.200. The highest BCUT2D eigenvalue weighted by molar-refractivity contribution is 5.86. The van der Waals surface area contributed by atoms with Crippen LogP contribution in [0.1, 0.15) is 19.8 Å². The second-order valence-corrected chi connectivity index (χ2v) is 6.29. The third-order valence-electron chi connectivity index (χ3n) is 5.07. The molecule has 0 aromatic carbocycles. The standard InChI is InChI=1S/C16H22O7/c1-9-8-16(12(19-2)7-13(17)23-16)11(15-21-4-5-22-15)6-10(9)14(18)20-3/h7,9-11,15H,4-6,8H2,1-3H3/t9-,10+,11+,16+/m1/s1. The van der Waals surface area contributed by atoms with E-state index in [0.29, 0.717) is 31.8 Å². The van der Waals surface area contributed by atoms with Crippen LogP contribution in [0.15, 0.2) is 11.8 Å². The van der Waals surface area contributed by atoms with Gasteiger partial charge in [0.25, 0.3) is 0 Å². The van der Waals surface area contributed by atoms with Gasteiger partial charge in [-0.25, -0.2) is 4.79 Å². The third-order valence-corrected chi connectivity index (χ3v) is 5.07. The maximum absolute atomic E-state index is 12.1. The number of esters is 2. The van der Waals surface area contributed by atoms with E-state index in [-0.39, 0.29) is 23.7 Å². The van der Waals surface area contributed by atoms with Crippen molar-refractivity contribution in [3.05, 3.63) is 11.8 Å². The van der Waals surface area contributed by atoms with Crippen LogP contribution in [0.4, 0.5) is 0 Å². The SMILES string of the molecule is COC(=O)[C@H]1C[C@@H](C2OCCO2)[C@]2(C[C@H]1C)OC(=O)C=C2OC. The molecule has 7 heteroatoms. The summed E-state index contributed by atoms with van der Waals surface area (Å²) in [5, 5.41) is 0. The van der Waals surface area contributed by atoms with Crippen LogP contribution in [0.25, 0.3) is 0 Å². The molecule has 23 heavy (non-hydrogen) atoms. The van der Waals surface area contributed by atoms with Crippen LogP contribution >= 0.6 is 0 Å². The quantitative estimate of drug-likeness (QED) is 0.716.